The van der Waals surface area contributed by atoms with Gasteiger partial charge in [0.1, 0.15) is 5.02 Å². The first kappa shape index (κ1) is 26.7. The van der Waals surface area contributed by atoms with E-state index in [4.69, 9.17) is 26.1 Å². The summed E-state index contributed by atoms with van der Waals surface area (Å²) < 4.78 is 13.2. The second-order valence-electron chi connectivity index (χ2n) is 9.39. The van der Waals surface area contributed by atoms with Gasteiger partial charge in [0.2, 0.25) is 5.95 Å². The van der Waals surface area contributed by atoms with E-state index < -0.39 is 0 Å². The molecule has 1 fully saturated rings. The molecule has 0 saturated carbocycles. The number of hydrogen-bond acceptors (Lipinski definition) is 8. The number of nitrogens with zero attached hydrogens (tertiary/aromatic N) is 4. The van der Waals surface area contributed by atoms with Gasteiger partial charge >= 0.3 is 0 Å². The summed E-state index contributed by atoms with van der Waals surface area (Å²) in [5.41, 5.74) is 1.19. The molecule has 0 unspecified atom stereocenters. The first-order chi connectivity index (χ1) is 17.7. The van der Waals surface area contributed by atoms with E-state index in [1.54, 1.807) is 16.8 Å². The van der Waals surface area contributed by atoms with Crippen molar-refractivity contribution >= 4 is 45.9 Å². The van der Waals surface area contributed by atoms with Crippen molar-refractivity contribution in [2.45, 2.75) is 52.4 Å². The second-order valence-corrected chi connectivity index (χ2v) is 9.79. The Hall–Kier alpha value is -3.37. The van der Waals surface area contributed by atoms with E-state index in [9.17, 15) is 9.59 Å². The van der Waals surface area contributed by atoms with E-state index in [2.05, 4.69) is 27.4 Å². The Balaban J connectivity index is 1.66. The highest BCUT2D eigenvalue weighted by atomic mass is 35.5. The van der Waals surface area contributed by atoms with Gasteiger partial charge in [-0.05, 0) is 51.5 Å². The van der Waals surface area contributed by atoms with Crippen LogP contribution in [-0.4, -0.2) is 59.4 Å². The molecular weight excluding hydrogens is 496 g/mol. The van der Waals surface area contributed by atoms with Gasteiger partial charge < -0.3 is 29.6 Å². The average molecular weight is 529 g/mol. The maximum atomic E-state index is 13.0. The summed E-state index contributed by atoms with van der Waals surface area (Å²) in [5, 5.41) is 6.93. The van der Waals surface area contributed by atoms with E-state index in [-0.39, 0.29) is 42.1 Å². The smallest absolute Gasteiger partial charge is 0.293 e. The first-order valence-electron chi connectivity index (χ1n) is 12.4. The van der Waals surface area contributed by atoms with Crippen LogP contribution in [0.15, 0.2) is 35.3 Å². The number of carbonyl (C=O) groups excluding carboxylic acids is 1. The number of halogens is 1. The van der Waals surface area contributed by atoms with Gasteiger partial charge in [-0.2, -0.15) is 4.98 Å². The molecule has 2 N–H and O–H groups in total. The Morgan fingerprint density at radius 3 is 2.78 bits per heavy atom. The third kappa shape index (κ3) is 5.97. The summed E-state index contributed by atoms with van der Waals surface area (Å²) in [6.07, 6.45) is 2.70. The number of benzene rings is 1. The fourth-order valence-electron chi connectivity index (χ4n) is 4.40. The Morgan fingerprint density at radius 2 is 2.08 bits per heavy atom. The van der Waals surface area contributed by atoms with Gasteiger partial charge in [0.15, 0.2) is 18.2 Å². The molecule has 4 rings (SSSR count). The van der Waals surface area contributed by atoms with Gasteiger partial charge in [-0.15, -0.1) is 0 Å². The molecule has 1 aliphatic rings. The van der Waals surface area contributed by atoms with Gasteiger partial charge in [0.05, 0.1) is 23.9 Å². The molecule has 1 saturated heterocycles. The molecular formula is C26H33ClN6O4. The lowest BCUT2D eigenvalue weighted by atomic mass is 10.1. The normalized spacial score (nSPS) is 17.8. The SMILES string of the molecule is CC[C@@H]1CN(c2ncc(Cl)c(Nc3ccc4c(c3)cc(OCC(=O)NC)c(=O)n4C(C)C)n2)C[C@H](C)O1. The molecule has 37 heavy (non-hydrogen) atoms. The lowest BCUT2D eigenvalue weighted by Gasteiger charge is -2.36. The molecule has 0 bridgehead atoms. The van der Waals surface area contributed by atoms with Gasteiger partial charge in [0, 0.05) is 37.3 Å². The Morgan fingerprint density at radius 1 is 1.30 bits per heavy atom. The number of nitrogens with one attached hydrogen (secondary N) is 2. The van der Waals surface area contributed by atoms with Crippen LogP contribution in [0.4, 0.5) is 17.5 Å². The third-order valence-corrected chi connectivity index (χ3v) is 6.49. The van der Waals surface area contributed by atoms with Gasteiger partial charge in [-0.3, -0.25) is 9.59 Å². The van der Waals surface area contributed by atoms with Crippen LogP contribution in [0.2, 0.25) is 5.02 Å². The fourth-order valence-corrected chi connectivity index (χ4v) is 4.54. The van der Waals surface area contributed by atoms with Crippen LogP contribution in [0.5, 0.6) is 5.75 Å². The minimum absolute atomic E-state index is 0.0771. The molecule has 1 aromatic carbocycles. The number of fused-ring (bicyclic) bond motifs is 1. The summed E-state index contributed by atoms with van der Waals surface area (Å²) in [4.78, 5) is 36.0. The number of anilines is 3. The predicted molar refractivity (Wildman–Crippen MR) is 145 cm³/mol. The van der Waals surface area contributed by atoms with Crippen molar-refractivity contribution in [2.75, 3.05) is 37.0 Å². The zero-order valence-electron chi connectivity index (χ0n) is 21.7. The number of hydrogen-bond donors (Lipinski definition) is 2. The highest BCUT2D eigenvalue weighted by Gasteiger charge is 2.26. The van der Waals surface area contributed by atoms with Crippen LogP contribution in [0.3, 0.4) is 0 Å². The molecule has 1 aliphatic heterocycles. The van der Waals surface area contributed by atoms with Crippen molar-refractivity contribution in [3.05, 3.63) is 45.8 Å². The Kier molecular flexibility index (Phi) is 8.19. The van der Waals surface area contributed by atoms with E-state index in [1.807, 2.05) is 39.0 Å². The summed E-state index contributed by atoms with van der Waals surface area (Å²) in [6.45, 7) is 9.15. The molecule has 3 heterocycles. The molecule has 0 spiro atoms. The first-order valence-corrected chi connectivity index (χ1v) is 12.8. The van der Waals surface area contributed by atoms with Crippen LogP contribution in [-0.2, 0) is 9.53 Å². The van der Waals surface area contributed by atoms with Crippen LogP contribution in [0.1, 0.15) is 40.2 Å². The number of carbonyl (C=O) groups is 1. The highest BCUT2D eigenvalue weighted by Crippen LogP contribution is 2.29. The van der Waals surface area contributed by atoms with Crippen molar-refractivity contribution in [3.8, 4) is 5.75 Å². The van der Waals surface area contributed by atoms with Crippen molar-refractivity contribution in [1.29, 1.82) is 0 Å². The maximum absolute atomic E-state index is 13.0. The number of ether oxygens (including phenoxy) is 2. The molecule has 0 radical (unpaired) electrons. The van der Waals surface area contributed by atoms with Crippen molar-refractivity contribution in [3.63, 3.8) is 0 Å². The van der Waals surface area contributed by atoms with E-state index >= 15 is 0 Å². The molecule has 0 aliphatic carbocycles. The zero-order chi connectivity index (χ0) is 26.7. The molecule has 10 nitrogen and oxygen atoms in total. The molecule has 2 atom stereocenters. The van der Waals surface area contributed by atoms with Crippen LogP contribution >= 0.6 is 11.6 Å². The van der Waals surface area contributed by atoms with Crippen LogP contribution in [0, 0.1) is 0 Å². The third-order valence-electron chi connectivity index (χ3n) is 6.22. The predicted octanol–water partition coefficient (Wildman–Crippen LogP) is 3.90. The monoisotopic (exact) mass is 528 g/mol. The summed E-state index contributed by atoms with van der Waals surface area (Å²) >= 11 is 6.45. The Labute approximate surface area is 220 Å². The average Bonchev–Trinajstić information content (AvgIpc) is 2.87. The van der Waals surface area contributed by atoms with Gasteiger partial charge in [-0.1, -0.05) is 18.5 Å². The second kappa shape index (κ2) is 11.4. The van der Waals surface area contributed by atoms with Crippen LogP contribution in [0.25, 0.3) is 10.9 Å². The van der Waals surface area contributed by atoms with Gasteiger partial charge in [0.25, 0.3) is 11.5 Å². The van der Waals surface area contributed by atoms with E-state index in [0.717, 1.165) is 23.0 Å². The minimum atomic E-state index is -0.319. The minimum Gasteiger partial charge on any atom is -0.478 e. The number of morpholine rings is 1. The quantitative estimate of drug-likeness (QED) is 0.453. The Bertz CT molecular complexity index is 1340. The zero-order valence-corrected chi connectivity index (χ0v) is 22.5. The summed E-state index contributed by atoms with van der Waals surface area (Å²) in [5.74, 6) is 0.850. The number of pyridine rings is 1. The lowest BCUT2D eigenvalue weighted by molar-refractivity contribution is -0.122. The number of aromatic nitrogens is 3. The summed E-state index contributed by atoms with van der Waals surface area (Å²) in [6, 6.07) is 7.17. The molecule has 3 aromatic rings. The van der Waals surface area contributed by atoms with E-state index in [0.29, 0.717) is 29.9 Å². The topological polar surface area (TPSA) is 111 Å². The largest absolute Gasteiger partial charge is 0.478 e. The fraction of sp³-hybridized carbons (Fsp3) is 0.462. The number of rotatable bonds is 8. The molecule has 1 amide bonds. The lowest BCUT2D eigenvalue weighted by Crippen LogP contribution is -2.47. The van der Waals surface area contributed by atoms with Gasteiger partial charge in [-0.25, -0.2) is 4.98 Å². The van der Waals surface area contributed by atoms with Crippen LogP contribution < -0.4 is 25.8 Å². The molecule has 11 heteroatoms. The van der Waals surface area contributed by atoms with Crippen molar-refractivity contribution < 1.29 is 14.3 Å². The maximum Gasteiger partial charge on any atom is 0.293 e. The standard InChI is InChI=1S/C26H33ClN6O4/c1-6-19-13-32(12-16(4)37-19)26-29-11-20(27)24(31-26)30-18-7-8-21-17(9-18)10-22(36-14-23(34)28-5)25(35)33(21)15(2)3/h7-11,15-16,19H,6,12-14H2,1-5H3,(H,28,34)(H,29,30,31)/t16-,19+/m0/s1. The van der Waals surface area contributed by atoms with Crippen molar-refractivity contribution in [1.82, 2.24) is 19.9 Å². The molecule has 198 valence electrons. The highest BCUT2D eigenvalue weighted by molar-refractivity contribution is 6.32. The number of likely N-dealkylation sites (N-methyl/N-ethyl adjacent to an activating group) is 1. The summed E-state index contributed by atoms with van der Waals surface area (Å²) in [7, 11) is 1.52. The van der Waals surface area contributed by atoms with Crippen molar-refractivity contribution in [2.24, 2.45) is 0 Å². The van der Waals surface area contributed by atoms with E-state index in [1.165, 1.54) is 7.05 Å². The molecule has 2 aromatic heterocycles. The number of amides is 1.